The van der Waals surface area contributed by atoms with E-state index >= 15 is 0 Å². The maximum absolute atomic E-state index is 13.1. The Morgan fingerprint density at radius 1 is 1.30 bits per heavy atom. The summed E-state index contributed by atoms with van der Waals surface area (Å²) in [5.41, 5.74) is 1.39. The van der Waals surface area contributed by atoms with Crippen molar-refractivity contribution in [3.63, 3.8) is 0 Å². The van der Waals surface area contributed by atoms with Gasteiger partial charge < -0.3 is 14.4 Å². The molecule has 140 valence electrons. The van der Waals surface area contributed by atoms with E-state index in [4.69, 9.17) is 4.52 Å². The highest BCUT2D eigenvalue weighted by atomic mass is 19.1. The van der Waals surface area contributed by atoms with Gasteiger partial charge in [-0.05, 0) is 51.0 Å². The molecule has 1 aromatic carbocycles. The molecule has 1 fully saturated rings. The van der Waals surface area contributed by atoms with Crippen LogP contribution in [0.2, 0.25) is 0 Å². The lowest BCUT2D eigenvalue weighted by Gasteiger charge is -2.37. The summed E-state index contributed by atoms with van der Waals surface area (Å²) in [4.78, 5) is 26.4. The van der Waals surface area contributed by atoms with Crippen molar-refractivity contribution < 1.29 is 13.7 Å². The predicted molar refractivity (Wildman–Crippen MR) is 95.5 cm³/mol. The Labute approximate surface area is 155 Å². The van der Waals surface area contributed by atoms with E-state index in [9.17, 15) is 9.18 Å². The van der Waals surface area contributed by atoms with Crippen molar-refractivity contribution in [2.75, 3.05) is 6.54 Å². The zero-order valence-corrected chi connectivity index (χ0v) is 15.1. The molecule has 2 atom stereocenters. The largest absolute Gasteiger partial charge is 0.338 e. The number of aromatic nitrogens is 4. The van der Waals surface area contributed by atoms with Gasteiger partial charge in [-0.2, -0.15) is 4.98 Å². The molecule has 0 saturated carbocycles. The molecule has 4 rings (SSSR count). The van der Waals surface area contributed by atoms with E-state index in [1.807, 2.05) is 13.8 Å². The van der Waals surface area contributed by atoms with Crippen LogP contribution >= 0.6 is 0 Å². The Hall–Kier alpha value is -3.03. The number of rotatable bonds is 3. The molecule has 1 N–H and O–H groups in total. The normalized spacial score (nSPS) is 20.0. The number of imidazole rings is 1. The van der Waals surface area contributed by atoms with Gasteiger partial charge in [0.05, 0.1) is 0 Å². The minimum absolute atomic E-state index is 0.0147. The number of amides is 1. The number of hydrogen-bond acceptors (Lipinski definition) is 5. The van der Waals surface area contributed by atoms with E-state index in [2.05, 4.69) is 20.1 Å². The van der Waals surface area contributed by atoms with Crippen LogP contribution < -0.4 is 0 Å². The Bertz CT molecular complexity index is 949. The van der Waals surface area contributed by atoms with Crippen molar-refractivity contribution in [1.29, 1.82) is 0 Å². The zero-order chi connectivity index (χ0) is 19.0. The topological polar surface area (TPSA) is 87.9 Å². The van der Waals surface area contributed by atoms with Gasteiger partial charge in [-0.1, -0.05) is 5.16 Å². The van der Waals surface area contributed by atoms with Gasteiger partial charge in [0, 0.05) is 36.0 Å². The molecule has 1 aliphatic rings. The molecular weight excluding hydrogens is 349 g/mol. The average molecular weight is 369 g/mol. The Balaban J connectivity index is 1.53. The van der Waals surface area contributed by atoms with Crippen molar-refractivity contribution in [2.45, 2.75) is 38.6 Å². The van der Waals surface area contributed by atoms with Crippen molar-refractivity contribution in [3.05, 3.63) is 53.4 Å². The fraction of sp³-hybridized carbons (Fsp3) is 0.368. The molecule has 1 saturated heterocycles. The molecule has 0 radical (unpaired) electrons. The summed E-state index contributed by atoms with van der Waals surface area (Å²) >= 11 is 0. The van der Waals surface area contributed by atoms with Crippen molar-refractivity contribution in [1.82, 2.24) is 25.0 Å². The second kappa shape index (κ2) is 6.94. The molecule has 27 heavy (non-hydrogen) atoms. The number of benzene rings is 1. The summed E-state index contributed by atoms with van der Waals surface area (Å²) in [6.45, 7) is 4.41. The Kier molecular flexibility index (Phi) is 4.47. The van der Waals surface area contributed by atoms with Gasteiger partial charge in [0.15, 0.2) is 11.6 Å². The van der Waals surface area contributed by atoms with E-state index in [0.717, 1.165) is 18.5 Å². The van der Waals surface area contributed by atoms with E-state index in [-0.39, 0.29) is 23.7 Å². The van der Waals surface area contributed by atoms with Crippen LogP contribution in [0.3, 0.4) is 0 Å². The quantitative estimate of drug-likeness (QED) is 0.765. The highest BCUT2D eigenvalue weighted by Crippen LogP contribution is 2.30. The molecule has 3 heterocycles. The van der Waals surface area contributed by atoms with Crippen LogP contribution in [0, 0.1) is 12.7 Å². The number of nitrogens with zero attached hydrogens (tertiary/aromatic N) is 4. The number of halogens is 1. The van der Waals surface area contributed by atoms with Crippen LogP contribution in [-0.2, 0) is 0 Å². The summed E-state index contributed by atoms with van der Waals surface area (Å²) in [6, 6.07) is 5.73. The van der Waals surface area contributed by atoms with Gasteiger partial charge in [-0.15, -0.1) is 0 Å². The fourth-order valence-corrected chi connectivity index (χ4v) is 3.38. The smallest absolute Gasteiger partial charge is 0.293 e. The minimum atomic E-state index is -0.358. The third kappa shape index (κ3) is 3.47. The summed E-state index contributed by atoms with van der Waals surface area (Å²) < 4.78 is 18.5. The third-order valence-corrected chi connectivity index (χ3v) is 4.95. The number of aryl methyl sites for hydroxylation is 1. The lowest BCUT2D eigenvalue weighted by molar-refractivity contribution is 0.0604. The van der Waals surface area contributed by atoms with Crippen molar-refractivity contribution in [3.8, 4) is 11.7 Å². The van der Waals surface area contributed by atoms with Gasteiger partial charge in [-0.3, -0.25) is 4.79 Å². The predicted octanol–water partition coefficient (Wildman–Crippen LogP) is 3.32. The van der Waals surface area contributed by atoms with Crippen LogP contribution in [0.4, 0.5) is 4.39 Å². The summed E-state index contributed by atoms with van der Waals surface area (Å²) in [5.74, 6) is 0.964. The maximum atomic E-state index is 13.1. The lowest BCUT2D eigenvalue weighted by Crippen LogP contribution is -2.45. The number of H-pyrrole nitrogens is 1. The standard InChI is InChI=1S/C19H20FN5O2/c1-11-9-21-17(22-11)18-23-16(24-27-18)14-4-3-12(2)25(10-14)19(26)13-5-7-15(20)8-6-13/h5-9,12,14H,3-4,10H2,1-2H3,(H,21,22). The highest BCUT2D eigenvalue weighted by molar-refractivity contribution is 5.94. The molecular formula is C19H20FN5O2. The first-order chi connectivity index (χ1) is 13.0. The number of carbonyl (C=O) groups excluding carboxylic acids is 1. The first-order valence-electron chi connectivity index (χ1n) is 8.93. The van der Waals surface area contributed by atoms with E-state index in [0.29, 0.717) is 29.6 Å². The lowest BCUT2D eigenvalue weighted by atomic mass is 9.92. The number of carbonyl (C=O) groups is 1. The highest BCUT2D eigenvalue weighted by Gasteiger charge is 2.33. The maximum Gasteiger partial charge on any atom is 0.293 e. The summed E-state index contributed by atoms with van der Waals surface area (Å²) in [6.07, 6.45) is 3.40. The second-order valence-corrected chi connectivity index (χ2v) is 6.96. The molecule has 8 heteroatoms. The SMILES string of the molecule is Cc1cnc(-c2nc(C3CCC(C)N(C(=O)c4ccc(F)cc4)C3)no2)[nH]1. The van der Waals surface area contributed by atoms with Crippen molar-refractivity contribution in [2.24, 2.45) is 0 Å². The average Bonchev–Trinajstić information content (AvgIpc) is 3.31. The summed E-state index contributed by atoms with van der Waals surface area (Å²) in [5, 5.41) is 4.09. The fourth-order valence-electron chi connectivity index (χ4n) is 3.38. The first-order valence-corrected chi connectivity index (χ1v) is 8.93. The van der Waals surface area contributed by atoms with E-state index < -0.39 is 0 Å². The number of nitrogens with one attached hydrogen (secondary N) is 1. The molecule has 7 nitrogen and oxygen atoms in total. The molecule has 1 amide bonds. The summed E-state index contributed by atoms with van der Waals surface area (Å²) in [7, 11) is 0. The van der Waals surface area contributed by atoms with Crippen LogP contribution in [0.25, 0.3) is 11.7 Å². The van der Waals surface area contributed by atoms with Gasteiger partial charge in [-0.25, -0.2) is 9.37 Å². The number of piperidine rings is 1. The number of aromatic amines is 1. The molecule has 0 spiro atoms. The zero-order valence-electron chi connectivity index (χ0n) is 15.1. The van der Waals surface area contributed by atoms with Gasteiger partial charge in [0.1, 0.15) is 5.82 Å². The molecule has 0 aliphatic carbocycles. The van der Waals surface area contributed by atoms with Gasteiger partial charge in [0.25, 0.3) is 11.8 Å². The third-order valence-electron chi connectivity index (χ3n) is 4.95. The molecule has 3 aromatic rings. The molecule has 1 aliphatic heterocycles. The molecule has 2 unspecified atom stereocenters. The van der Waals surface area contributed by atoms with Crippen molar-refractivity contribution >= 4 is 5.91 Å². The number of likely N-dealkylation sites (tertiary alicyclic amines) is 1. The molecule has 0 bridgehead atoms. The minimum Gasteiger partial charge on any atom is -0.338 e. The van der Waals surface area contributed by atoms with Gasteiger partial charge >= 0.3 is 0 Å². The Morgan fingerprint density at radius 3 is 2.78 bits per heavy atom. The van der Waals surface area contributed by atoms with E-state index in [1.165, 1.54) is 24.3 Å². The van der Waals surface area contributed by atoms with E-state index in [1.54, 1.807) is 11.1 Å². The first kappa shape index (κ1) is 17.4. The molecule has 2 aromatic heterocycles. The monoisotopic (exact) mass is 369 g/mol. The number of hydrogen-bond donors (Lipinski definition) is 1. The van der Waals surface area contributed by atoms with Crippen LogP contribution in [0.1, 0.15) is 47.6 Å². The Morgan fingerprint density at radius 2 is 2.07 bits per heavy atom. The van der Waals surface area contributed by atoms with Gasteiger partial charge in [0.2, 0.25) is 0 Å². The van der Waals surface area contributed by atoms with Crippen LogP contribution in [-0.4, -0.2) is 43.5 Å². The van der Waals surface area contributed by atoms with Crippen LogP contribution in [0.5, 0.6) is 0 Å². The van der Waals surface area contributed by atoms with Crippen LogP contribution in [0.15, 0.2) is 35.0 Å². The second-order valence-electron chi connectivity index (χ2n) is 6.96.